The molecule has 5 nitrogen and oxygen atoms in total. The Balaban J connectivity index is 1.87. The summed E-state index contributed by atoms with van der Waals surface area (Å²) >= 11 is 5.09. The minimum absolute atomic E-state index is 0.163. The highest BCUT2D eigenvalue weighted by Gasteiger charge is 2.04. The zero-order valence-corrected chi connectivity index (χ0v) is 13.9. The van der Waals surface area contributed by atoms with Crippen LogP contribution in [-0.2, 0) is 4.79 Å². The molecule has 2 rings (SSSR count). The van der Waals surface area contributed by atoms with Crippen LogP contribution in [0.15, 0.2) is 60.7 Å². The average molecular weight is 339 g/mol. The molecule has 24 heavy (non-hydrogen) atoms. The number of anilines is 1. The largest absolute Gasteiger partial charge is 0.355 e. The van der Waals surface area contributed by atoms with Gasteiger partial charge in [-0.1, -0.05) is 30.3 Å². The smallest absolute Gasteiger partial charge is 0.251 e. The van der Waals surface area contributed by atoms with E-state index >= 15 is 0 Å². The van der Waals surface area contributed by atoms with Crippen molar-refractivity contribution in [3.8, 4) is 0 Å². The van der Waals surface area contributed by atoms with Gasteiger partial charge in [-0.2, -0.15) is 0 Å². The van der Waals surface area contributed by atoms with Gasteiger partial charge in [0.15, 0.2) is 5.11 Å². The summed E-state index contributed by atoms with van der Waals surface area (Å²) < 4.78 is 0. The lowest BCUT2D eigenvalue weighted by Crippen LogP contribution is -2.32. The Morgan fingerprint density at radius 2 is 1.67 bits per heavy atom. The van der Waals surface area contributed by atoms with Gasteiger partial charge in [0, 0.05) is 24.4 Å². The quantitative estimate of drug-likeness (QED) is 0.591. The lowest BCUT2D eigenvalue weighted by Gasteiger charge is -2.08. The molecule has 3 N–H and O–H groups in total. The summed E-state index contributed by atoms with van der Waals surface area (Å²) in [6.07, 6.45) is 3.12. The van der Waals surface area contributed by atoms with Crippen LogP contribution >= 0.6 is 12.2 Å². The van der Waals surface area contributed by atoms with E-state index in [0.717, 1.165) is 5.56 Å². The molecule has 0 unspecified atom stereocenters. The first-order valence-corrected chi connectivity index (χ1v) is 7.66. The molecule has 0 atom stereocenters. The number of amides is 2. The van der Waals surface area contributed by atoms with Crippen molar-refractivity contribution in [3.05, 3.63) is 71.8 Å². The number of nitrogens with one attached hydrogen (secondary N) is 3. The molecule has 2 aromatic rings. The van der Waals surface area contributed by atoms with E-state index in [-0.39, 0.29) is 16.9 Å². The predicted octanol–water partition coefficient (Wildman–Crippen LogP) is 2.57. The number of hydrogen-bond acceptors (Lipinski definition) is 3. The standard InChI is InChI=1S/C18H17N3O2S/c1-19-17(23)14-8-10-15(11-9-14)20-18(24)21-16(22)12-7-13-5-3-2-4-6-13/h2-12H,1H3,(H,19,23)(H2,20,21,22,24)/b12-7+. The summed E-state index contributed by atoms with van der Waals surface area (Å²) in [6.45, 7) is 0. The maximum atomic E-state index is 11.8. The fourth-order valence-corrected chi connectivity index (χ4v) is 2.12. The van der Waals surface area contributed by atoms with Crippen LogP contribution in [0.25, 0.3) is 6.08 Å². The molecule has 0 spiro atoms. The minimum atomic E-state index is -0.321. The van der Waals surface area contributed by atoms with Gasteiger partial charge in [0.2, 0.25) is 5.91 Å². The van der Waals surface area contributed by atoms with E-state index in [1.807, 2.05) is 30.3 Å². The molecule has 0 aliphatic rings. The van der Waals surface area contributed by atoms with Crippen LogP contribution in [0, 0.1) is 0 Å². The number of carbonyl (C=O) groups excluding carboxylic acids is 2. The van der Waals surface area contributed by atoms with Crippen molar-refractivity contribution in [2.24, 2.45) is 0 Å². The molecule has 6 heteroatoms. The molecule has 0 saturated carbocycles. The van der Waals surface area contributed by atoms with Gasteiger partial charge in [-0.3, -0.25) is 14.9 Å². The maximum Gasteiger partial charge on any atom is 0.251 e. The molecular formula is C18H17N3O2S. The summed E-state index contributed by atoms with van der Waals surface area (Å²) in [5.74, 6) is -0.484. The second-order valence-corrected chi connectivity index (χ2v) is 5.25. The second kappa shape index (κ2) is 8.59. The molecule has 0 aliphatic carbocycles. The van der Waals surface area contributed by atoms with Gasteiger partial charge in [0.05, 0.1) is 0 Å². The van der Waals surface area contributed by atoms with Crippen molar-refractivity contribution in [1.82, 2.24) is 10.6 Å². The van der Waals surface area contributed by atoms with Crippen LogP contribution in [-0.4, -0.2) is 24.0 Å². The molecule has 0 bridgehead atoms. The number of rotatable bonds is 4. The van der Waals surface area contributed by atoms with Crippen LogP contribution in [0.2, 0.25) is 0 Å². The fraction of sp³-hybridized carbons (Fsp3) is 0.0556. The van der Waals surface area contributed by atoms with Crippen molar-refractivity contribution in [2.45, 2.75) is 0 Å². The van der Waals surface area contributed by atoms with E-state index < -0.39 is 0 Å². The van der Waals surface area contributed by atoms with Crippen LogP contribution in [0.4, 0.5) is 5.69 Å². The Bertz CT molecular complexity index is 756. The monoisotopic (exact) mass is 339 g/mol. The van der Waals surface area contributed by atoms with Gasteiger partial charge in [-0.15, -0.1) is 0 Å². The van der Waals surface area contributed by atoms with E-state index in [4.69, 9.17) is 12.2 Å². The summed E-state index contributed by atoms with van der Waals surface area (Å²) in [5.41, 5.74) is 2.15. The molecule has 0 fully saturated rings. The van der Waals surface area contributed by atoms with E-state index in [1.165, 1.54) is 6.08 Å². The Kier molecular flexibility index (Phi) is 6.22. The van der Waals surface area contributed by atoms with E-state index in [1.54, 1.807) is 37.4 Å². The van der Waals surface area contributed by atoms with Crippen LogP contribution in [0.1, 0.15) is 15.9 Å². The Labute approximate surface area is 145 Å². The van der Waals surface area contributed by atoms with Crippen LogP contribution in [0.5, 0.6) is 0 Å². The van der Waals surface area contributed by atoms with Gasteiger partial charge < -0.3 is 10.6 Å². The fourth-order valence-electron chi connectivity index (χ4n) is 1.90. The topological polar surface area (TPSA) is 70.2 Å². The first kappa shape index (κ1) is 17.4. The number of hydrogen-bond donors (Lipinski definition) is 3. The van der Waals surface area contributed by atoms with Crippen molar-refractivity contribution in [3.63, 3.8) is 0 Å². The molecule has 122 valence electrons. The summed E-state index contributed by atoms with van der Waals surface area (Å²) in [7, 11) is 1.57. The van der Waals surface area contributed by atoms with E-state index in [2.05, 4.69) is 16.0 Å². The molecule has 0 aromatic heterocycles. The van der Waals surface area contributed by atoms with Gasteiger partial charge in [0.25, 0.3) is 5.91 Å². The van der Waals surface area contributed by atoms with Crippen molar-refractivity contribution in [1.29, 1.82) is 0 Å². The van der Waals surface area contributed by atoms with Crippen molar-refractivity contribution < 1.29 is 9.59 Å². The molecule has 2 aromatic carbocycles. The van der Waals surface area contributed by atoms with E-state index in [9.17, 15) is 9.59 Å². The molecule has 2 amide bonds. The summed E-state index contributed by atoms with van der Waals surface area (Å²) in [5, 5.41) is 8.18. The highest BCUT2D eigenvalue weighted by molar-refractivity contribution is 7.80. The van der Waals surface area contributed by atoms with Crippen molar-refractivity contribution >= 4 is 40.9 Å². The average Bonchev–Trinajstić information content (AvgIpc) is 2.60. The lowest BCUT2D eigenvalue weighted by atomic mass is 10.2. The maximum absolute atomic E-state index is 11.8. The third kappa shape index (κ3) is 5.33. The lowest BCUT2D eigenvalue weighted by molar-refractivity contribution is -0.115. The minimum Gasteiger partial charge on any atom is -0.355 e. The van der Waals surface area contributed by atoms with Gasteiger partial charge >= 0.3 is 0 Å². The van der Waals surface area contributed by atoms with Gasteiger partial charge in [-0.25, -0.2) is 0 Å². The predicted molar refractivity (Wildman–Crippen MR) is 99.7 cm³/mol. The third-order valence-electron chi connectivity index (χ3n) is 3.10. The highest BCUT2D eigenvalue weighted by atomic mass is 32.1. The number of thiocarbonyl (C=S) groups is 1. The number of benzene rings is 2. The van der Waals surface area contributed by atoms with Crippen LogP contribution < -0.4 is 16.0 Å². The molecule has 0 aliphatic heterocycles. The Morgan fingerprint density at radius 3 is 2.29 bits per heavy atom. The molecule has 0 heterocycles. The van der Waals surface area contributed by atoms with Gasteiger partial charge in [-0.05, 0) is 48.1 Å². The van der Waals surface area contributed by atoms with Gasteiger partial charge in [0.1, 0.15) is 0 Å². The third-order valence-corrected chi connectivity index (χ3v) is 3.30. The SMILES string of the molecule is CNC(=O)c1ccc(NC(=S)NC(=O)/C=C/c2ccccc2)cc1. The van der Waals surface area contributed by atoms with E-state index in [0.29, 0.717) is 11.3 Å². The second-order valence-electron chi connectivity index (χ2n) is 4.84. The zero-order chi connectivity index (χ0) is 17.4. The van der Waals surface area contributed by atoms with Crippen LogP contribution in [0.3, 0.4) is 0 Å². The molecule has 0 saturated heterocycles. The Morgan fingerprint density at radius 1 is 1.00 bits per heavy atom. The molecule has 0 radical (unpaired) electrons. The van der Waals surface area contributed by atoms with Crippen molar-refractivity contribution in [2.75, 3.05) is 12.4 Å². The zero-order valence-electron chi connectivity index (χ0n) is 13.1. The first-order chi connectivity index (χ1) is 11.6. The normalized spacial score (nSPS) is 10.2. The molecular weight excluding hydrogens is 322 g/mol. The number of carbonyl (C=O) groups is 2. The summed E-state index contributed by atoms with van der Waals surface area (Å²) in [6, 6.07) is 16.3. The Hall–Kier alpha value is -2.99. The summed E-state index contributed by atoms with van der Waals surface area (Å²) in [4.78, 5) is 23.3. The first-order valence-electron chi connectivity index (χ1n) is 7.26. The highest BCUT2D eigenvalue weighted by Crippen LogP contribution is 2.09.